The Hall–Kier alpha value is -1.47. The van der Waals surface area contributed by atoms with Crippen LogP contribution < -0.4 is 5.32 Å². The van der Waals surface area contributed by atoms with Crippen molar-refractivity contribution >= 4 is 34.0 Å². The largest absolute Gasteiger partial charge is 0.369 e. The van der Waals surface area contributed by atoms with E-state index in [1.807, 2.05) is 24.9 Å². The molecule has 2 aliphatic heterocycles. The SMILES string of the molecule is Cc1nn(C)c2ncc(C3CC4(CC(C)N3)OCCc3cc(Cl)sc34)cc12. The first-order chi connectivity index (χ1) is 12.9. The van der Waals surface area contributed by atoms with Gasteiger partial charge in [0.2, 0.25) is 0 Å². The van der Waals surface area contributed by atoms with E-state index in [9.17, 15) is 0 Å². The van der Waals surface area contributed by atoms with Crippen LogP contribution in [0, 0.1) is 6.92 Å². The summed E-state index contributed by atoms with van der Waals surface area (Å²) in [6.45, 7) is 5.04. The molecule has 1 saturated heterocycles. The molecule has 0 radical (unpaired) electrons. The molecule has 3 aromatic rings. The molecular formula is C20H23ClN4OS. The van der Waals surface area contributed by atoms with E-state index in [2.05, 4.69) is 34.5 Å². The van der Waals surface area contributed by atoms with Gasteiger partial charge < -0.3 is 10.1 Å². The Labute approximate surface area is 167 Å². The third-order valence-corrected chi connectivity index (χ3v) is 7.38. The molecule has 7 heteroatoms. The van der Waals surface area contributed by atoms with Gasteiger partial charge in [0, 0.05) is 42.0 Å². The van der Waals surface area contributed by atoms with Gasteiger partial charge in [-0.2, -0.15) is 5.10 Å². The zero-order valence-electron chi connectivity index (χ0n) is 15.8. The predicted molar refractivity (Wildman–Crippen MR) is 108 cm³/mol. The van der Waals surface area contributed by atoms with E-state index in [-0.39, 0.29) is 11.6 Å². The molecule has 5 nitrogen and oxygen atoms in total. The summed E-state index contributed by atoms with van der Waals surface area (Å²) in [5.41, 5.74) is 4.25. The number of hydrogen-bond donors (Lipinski definition) is 1. The Morgan fingerprint density at radius 1 is 1.37 bits per heavy atom. The molecule has 0 bridgehead atoms. The van der Waals surface area contributed by atoms with Crippen molar-refractivity contribution in [2.45, 2.75) is 50.8 Å². The van der Waals surface area contributed by atoms with Crippen LogP contribution in [0.1, 0.15) is 47.5 Å². The van der Waals surface area contributed by atoms with Gasteiger partial charge in [-0.3, -0.25) is 4.68 Å². The van der Waals surface area contributed by atoms with Crippen LogP contribution in [0.2, 0.25) is 4.34 Å². The number of piperidine rings is 1. The molecular weight excluding hydrogens is 380 g/mol. The number of aromatic nitrogens is 3. The lowest BCUT2D eigenvalue weighted by Gasteiger charge is -2.46. The zero-order valence-corrected chi connectivity index (χ0v) is 17.3. The minimum absolute atomic E-state index is 0.192. The molecule has 3 atom stereocenters. The van der Waals surface area contributed by atoms with Crippen LogP contribution in [-0.2, 0) is 23.8 Å². The number of nitrogens with zero attached hydrogens (tertiary/aromatic N) is 3. The summed E-state index contributed by atoms with van der Waals surface area (Å²) in [5, 5.41) is 9.38. The summed E-state index contributed by atoms with van der Waals surface area (Å²) in [6.07, 6.45) is 4.80. The summed E-state index contributed by atoms with van der Waals surface area (Å²) in [7, 11) is 1.94. The lowest BCUT2D eigenvalue weighted by Crippen LogP contribution is -2.49. The maximum Gasteiger partial charge on any atom is 0.157 e. The van der Waals surface area contributed by atoms with Crippen LogP contribution in [0.4, 0.5) is 0 Å². The molecule has 1 spiro atoms. The lowest BCUT2D eigenvalue weighted by molar-refractivity contribution is -0.0954. The van der Waals surface area contributed by atoms with Gasteiger partial charge in [0.25, 0.3) is 0 Å². The van der Waals surface area contributed by atoms with Crippen molar-refractivity contribution in [2.75, 3.05) is 6.61 Å². The van der Waals surface area contributed by atoms with Gasteiger partial charge in [0.1, 0.15) is 5.60 Å². The molecule has 142 valence electrons. The Balaban J connectivity index is 1.56. The van der Waals surface area contributed by atoms with Crippen molar-refractivity contribution < 1.29 is 4.74 Å². The van der Waals surface area contributed by atoms with E-state index in [0.29, 0.717) is 6.04 Å². The molecule has 2 aliphatic rings. The summed E-state index contributed by atoms with van der Waals surface area (Å²) in [4.78, 5) is 6.01. The van der Waals surface area contributed by atoms with Crippen LogP contribution in [0.25, 0.3) is 11.0 Å². The number of fused-ring (bicyclic) bond motifs is 3. The number of aryl methyl sites for hydroxylation is 2. The molecule has 0 aromatic carbocycles. The topological polar surface area (TPSA) is 52.0 Å². The molecule has 5 rings (SSSR count). The summed E-state index contributed by atoms with van der Waals surface area (Å²) in [5.74, 6) is 0. The van der Waals surface area contributed by atoms with Crippen molar-refractivity contribution in [1.82, 2.24) is 20.1 Å². The first kappa shape index (κ1) is 17.6. The second kappa shape index (κ2) is 6.27. The van der Waals surface area contributed by atoms with Crippen LogP contribution >= 0.6 is 22.9 Å². The maximum absolute atomic E-state index is 6.46. The monoisotopic (exact) mass is 402 g/mol. The Bertz CT molecular complexity index is 1030. The highest BCUT2D eigenvalue weighted by Gasteiger charge is 2.46. The Morgan fingerprint density at radius 3 is 3.07 bits per heavy atom. The van der Waals surface area contributed by atoms with E-state index in [1.165, 1.54) is 16.0 Å². The zero-order chi connectivity index (χ0) is 18.8. The first-order valence-corrected chi connectivity index (χ1v) is 10.6. The van der Waals surface area contributed by atoms with E-state index < -0.39 is 0 Å². The number of hydrogen-bond acceptors (Lipinski definition) is 5. The van der Waals surface area contributed by atoms with Crippen LogP contribution in [-0.4, -0.2) is 27.4 Å². The van der Waals surface area contributed by atoms with E-state index in [0.717, 1.165) is 46.9 Å². The highest BCUT2D eigenvalue weighted by atomic mass is 35.5. The number of rotatable bonds is 1. The Morgan fingerprint density at radius 2 is 2.22 bits per heavy atom. The highest BCUT2D eigenvalue weighted by molar-refractivity contribution is 7.16. The summed E-state index contributed by atoms with van der Waals surface area (Å²) < 4.78 is 9.17. The van der Waals surface area contributed by atoms with Crippen molar-refractivity contribution in [3.63, 3.8) is 0 Å². The summed E-state index contributed by atoms with van der Waals surface area (Å²) >= 11 is 8.04. The van der Waals surface area contributed by atoms with Crippen molar-refractivity contribution in [3.8, 4) is 0 Å². The third kappa shape index (κ3) is 2.81. The van der Waals surface area contributed by atoms with Crippen LogP contribution in [0.15, 0.2) is 18.3 Å². The quantitative estimate of drug-likeness (QED) is 0.660. The average Bonchev–Trinajstić information content (AvgIpc) is 3.15. The number of thiophene rings is 1. The van der Waals surface area contributed by atoms with E-state index in [1.54, 1.807) is 11.3 Å². The lowest BCUT2D eigenvalue weighted by atomic mass is 9.78. The third-order valence-electron chi connectivity index (χ3n) is 5.88. The molecule has 3 unspecified atom stereocenters. The minimum atomic E-state index is -0.250. The molecule has 5 heterocycles. The van der Waals surface area contributed by atoms with E-state index >= 15 is 0 Å². The van der Waals surface area contributed by atoms with Gasteiger partial charge in [-0.15, -0.1) is 11.3 Å². The molecule has 1 fully saturated rings. The van der Waals surface area contributed by atoms with Gasteiger partial charge in [0.05, 0.1) is 16.6 Å². The van der Waals surface area contributed by atoms with Gasteiger partial charge in [0.15, 0.2) is 5.65 Å². The Kier molecular flexibility index (Phi) is 4.09. The molecule has 1 N–H and O–H groups in total. The number of pyridine rings is 1. The second-order valence-corrected chi connectivity index (χ2v) is 9.56. The maximum atomic E-state index is 6.46. The number of ether oxygens (including phenoxy) is 1. The van der Waals surface area contributed by atoms with Crippen molar-refractivity contribution in [2.24, 2.45) is 7.05 Å². The molecule has 3 aromatic heterocycles. The fourth-order valence-electron chi connectivity index (χ4n) is 4.79. The van der Waals surface area contributed by atoms with Gasteiger partial charge in [-0.1, -0.05) is 11.6 Å². The first-order valence-electron chi connectivity index (χ1n) is 9.43. The van der Waals surface area contributed by atoms with E-state index in [4.69, 9.17) is 16.3 Å². The van der Waals surface area contributed by atoms with Gasteiger partial charge >= 0.3 is 0 Å². The average molecular weight is 403 g/mol. The molecule has 27 heavy (non-hydrogen) atoms. The normalized spacial score (nSPS) is 28.0. The second-order valence-electron chi connectivity index (χ2n) is 7.88. The fourth-order valence-corrected chi connectivity index (χ4v) is 6.25. The smallest absolute Gasteiger partial charge is 0.157 e. The molecule has 0 saturated carbocycles. The van der Waals surface area contributed by atoms with Gasteiger partial charge in [-0.05, 0) is 49.9 Å². The number of nitrogens with one attached hydrogen (secondary N) is 1. The van der Waals surface area contributed by atoms with Crippen molar-refractivity contribution in [3.05, 3.63) is 44.4 Å². The standard InChI is InChI=1S/C20H23ClN4OS/c1-11-8-20(18-13(4-5-26-20)7-17(21)27-18)9-16(23-11)14-6-15-12(2)24-25(3)19(15)22-10-14/h6-7,10-11,16,23H,4-5,8-9H2,1-3H3. The van der Waals surface area contributed by atoms with Crippen molar-refractivity contribution in [1.29, 1.82) is 0 Å². The highest BCUT2D eigenvalue weighted by Crippen LogP contribution is 2.50. The van der Waals surface area contributed by atoms with Gasteiger partial charge in [-0.25, -0.2) is 4.98 Å². The molecule has 0 aliphatic carbocycles. The minimum Gasteiger partial charge on any atom is -0.369 e. The summed E-state index contributed by atoms with van der Waals surface area (Å²) in [6, 6.07) is 4.90. The molecule has 0 amide bonds. The van der Waals surface area contributed by atoms with Crippen LogP contribution in [0.5, 0.6) is 0 Å². The predicted octanol–water partition coefficient (Wildman–Crippen LogP) is 4.27. The van der Waals surface area contributed by atoms with Crippen LogP contribution in [0.3, 0.4) is 0 Å². The fraction of sp³-hybridized carbons (Fsp3) is 0.500. The number of halogens is 1.